The molecule has 1 amide bonds. The molecule has 6 heteroatoms. The predicted octanol–water partition coefficient (Wildman–Crippen LogP) is 3.24. The number of nitrogens with zero attached hydrogens (tertiary/aromatic N) is 2. The Balaban J connectivity index is 1.83. The monoisotopic (exact) mass is 366 g/mol. The Morgan fingerprint density at radius 1 is 1.23 bits per heavy atom. The highest BCUT2D eigenvalue weighted by Crippen LogP contribution is 2.27. The second-order valence-corrected chi connectivity index (χ2v) is 6.41. The van der Waals surface area contributed by atoms with Gasteiger partial charge in [-0.15, -0.1) is 6.42 Å². The molecule has 3 rings (SSSR count). The Labute approximate surface area is 155 Å². The fourth-order valence-electron chi connectivity index (χ4n) is 2.52. The molecule has 3 aromatic rings. The van der Waals surface area contributed by atoms with Crippen molar-refractivity contribution >= 4 is 27.5 Å². The number of carbonyl (C=O) groups excluding carboxylic acids is 1. The van der Waals surface area contributed by atoms with E-state index in [0.717, 1.165) is 16.0 Å². The van der Waals surface area contributed by atoms with E-state index in [2.05, 4.69) is 10.9 Å². The average molecular weight is 366 g/mol. The Bertz CT molecular complexity index is 1010. The van der Waals surface area contributed by atoms with Gasteiger partial charge in [-0.2, -0.15) is 4.99 Å². The Hall–Kier alpha value is -3.04. The molecule has 1 heterocycles. The van der Waals surface area contributed by atoms with Gasteiger partial charge < -0.3 is 14.0 Å². The third-order valence-electron chi connectivity index (χ3n) is 3.68. The van der Waals surface area contributed by atoms with Gasteiger partial charge in [0.1, 0.15) is 17.0 Å². The van der Waals surface area contributed by atoms with E-state index in [1.807, 2.05) is 53.1 Å². The molecular weight excluding hydrogens is 348 g/mol. The lowest BCUT2D eigenvalue weighted by Gasteiger charge is -2.05. The summed E-state index contributed by atoms with van der Waals surface area (Å²) in [7, 11) is 1.61. The van der Waals surface area contributed by atoms with Gasteiger partial charge in [-0.3, -0.25) is 4.79 Å². The molecule has 0 fully saturated rings. The Morgan fingerprint density at radius 2 is 2.04 bits per heavy atom. The number of hydrogen-bond donors (Lipinski definition) is 0. The summed E-state index contributed by atoms with van der Waals surface area (Å²) >= 11 is 1.41. The summed E-state index contributed by atoms with van der Waals surface area (Å²) in [6, 6.07) is 15.1. The molecule has 5 nitrogen and oxygen atoms in total. The van der Waals surface area contributed by atoms with Crippen molar-refractivity contribution in [3.8, 4) is 23.8 Å². The van der Waals surface area contributed by atoms with Crippen LogP contribution in [-0.2, 0) is 11.3 Å². The molecule has 132 valence electrons. The van der Waals surface area contributed by atoms with Gasteiger partial charge in [0, 0.05) is 0 Å². The SMILES string of the molecule is C#CCn1c(=NC(=O)CCOc2ccccc2)sc2cccc(OC)c21. The van der Waals surface area contributed by atoms with E-state index in [9.17, 15) is 4.79 Å². The van der Waals surface area contributed by atoms with Gasteiger partial charge in [0.2, 0.25) is 0 Å². The van der Waals surface area contributed by atoms with Gasteiger partial charge in [-0.1, -0.05) is 41.5 Å². The third kappa shape index (κ3) is 3.95. The highest BCUT2D eigenvalue weighted by atomic mass is 32.1. The van der Waals surface area contributed by atoms with Crippen molar-refractivity contribution in [1.82, 2.24) is 4.57 Å². The number of benzene rings is 2. The minimum atomic E-state index is -0.253. The maximum absolute atomic E-state index is 12.3. The molecule has 26 heavy (non-hydrogen) atoms. The second-order valence-electron chi connectivity index (χ2n) is 5.40. The normalized spacial score (nSPS) is 11.3. The van der Waals surface area contributed by atoms with Crippen LogP contribution >= 0.6 is 11.3 Å². The summed E-state index contributed by atoms with van der Waals surface area (Å²) in [4.78, 5) is 17.0. The minimum Gasteiger partial charge on any atom is -0.495 e. The van der Waals surface area contributed by atoms with Gasteiger partial charge in [0.05, 0.1) is 31.4 Å². The average Bonchev–Trinajstić information content (AvgIpc) is 3.00. The zero-order chi connectivity index (χ0) is 18.4. The number of ether oxygens (including phenoxy) is 2. The van der Waals surface area contributed by atoms with Crippen LogP contribution in [-0.4, -0.2) is 24.2 Å². The van der Waals surface area contributed by atoms with Crippen LogP contribution in [0.3, 0.4) is 0 Å². The minimum absolute atomic E-state index is 0.191. The molecule has 0 radical (unpaired) electrons. The topological polar surface area (TPSA) is 52.8 Å². The summed E-state index contributed by atoms with van der Waals surface area (Å²) in [5, 5.41) is 0. The largest absolute Gasteiger partial charge is 0.495 e. The number of terminal acetylenes is 1. The second kappa shape index (κ2) is 8.37. The van der Waals surface area contributed by atoms with Crippen LogP contribution in [0.2, 0.25) is 0 Å². The first-order valence-corrected chi connectivity index (χ1v) is 8.90. The molecule has 0 saturated heterocycles. The number of para-hydroxylation sites is 2. The number of rotatable bonds is 6. The van der Waals surface area contributed by atoms with E-state index in [0.29, 0.717) is 17.1 Å². The molecule has 0 aliphatic carbocycles. The molecule has 0 bridgehead atoms. The first-order chi connectivity index (χ1) is 12.7. The van der Waals surface area contributed by atoms with Crippen molar-refractivity contribution < 1.29 is 14.3 Å². The number of amides is 1. The van der Waals surface area contributed by atoms with Crippen LogP contribution in [0.4, 0.5) is 0 Å². The summed E-state index contributed by atoms with van der Waals surface area (Å²) in [6.07, 6.45) is 5.68. The lowest BCUT2D eigenvalue weighted by atomic mass is 10.3. The van der Waals surface area contributed by atoms with E-state index in [1.165, 1.54) is 11.3 Å². The molecule has 0 atom stereocenters. The van der Waals surface area contributed by atoms with Crippen LogP contribution in [0.25, 0.3) is 10.2 Å². The molecule has 0 saturated carbocycles. The number of aromatic nitrogens is 1. The fourth-order valence-corrected chi connectivity index (χ4v) is 3.59. The van der Waals surface area contributed by atoms with Crippen LogP contribution in [0.1, 0.15) is 6.42 Å². The first-order valence-electron chi connectivity index (χ1n) is 8.08. The third-order valence-corrected chi connectivity index (χ3v) is 4.73. The van der Waals surface area contributed by atoms with Crippen LogP contribution < -0.4 is 14.3 Å². The van der Waals surface area contributed by atoms with Crippen LogP contribution in [0.5, 0.6) is 11.5 Å². The van der Waals surface area contributed by atoms with E-state index in [4.69, 9.17) is 15.9 Å². The fraction of sp³-hybridized carbons (Fsp3) is 0.200. The van der Waals surface area contributed by atoms with Gasteiger partial charge in [0.15, 0.2) is 4.80 Å². The lowest BCUT2D eigenvalue weighted by molar-refractivity contribution is -0.118. The summed E-state index contributed by atoms with van der Waals surface area (Å²) in [5.41, 5.74) is 0.852. The lowest BCUT2D eigenvalue weighted by Crippen LogP contribution is -2.17. The Kier molecular flexibility index (Phi) is 5.72. The van der Waals surface area contributed by atoms with Crippen molar-refractivity contribution in [2.75, 3.05) is 13.7 Å². The summed E-state index contributed by atoms with van der Waals surface area (Å²) in [5.74, 6) is 3.79. The van der Waals surface area contributed by atoms with E-state index >= 15 is 0 Å². The first kappa shape index (κ1) is 17.8. The van der Waals surface area contributed by atoms with Gasteiger partial charge in [-0.25, -0.2) is 0 Å². The molecule has 1 aromatic heterocycles. The standard InChI is InChI=1S/C20H18N2O3S/c1-3-13-22-19-16(24-2)10-7-11-17(19)26-20(22)21-18(23)12-14-25-15-8-5-4-6-9-15/h1,4-11H,12-14H2,2H3. The quantitative estimate of drug-likeness (QED) is 0.630. The van der Waals surface area contributed by atoms with E-state index < -0.39 is 0 Å². The van der Waals surface area contributed by atoms with Crippen LogP contribution in [0.15, 0.2) is 53.5 Å². The van der Waals surface area contributed by atoms with E-state index in [-0.39, 0.29) is 18.9 Å². The van der Waals surface area contributed by atoms with Crippen molar-refractivity contribution in [3.63, 3.8) is 0 Å². The van der Waals surface area contributed by atoms with Gasteiger partial charge in [0.25, 0.3) is 5.91 Å². The van der Waals surface area contributed by atoms with Crippen molar-refractivity contribution in [2.45, 2.75) is 13.0 Å². The van der Waals surface area contributed by atoms with Gasteiger partial charge in [-0.05, 0) is 24.3 Å². The maximum Gasteiger partial charge on any atom is 0.251 e. The van der Waals surface area contributed by atoms with Crippen molar-refractivity contribution in [1.29, 1.82) is 0 Å². The number of carbonyl (C=O) groups is 1. The van der Waals surface area contributed by atoms with Crippen molar-refractivity contribution in [2.24, 2.45) is 4.99 Å². The maximum atomic E-state index is 12.3. The number of methoxy groups -OCH3 is 1. The number of hydrogen-bond acceptors (Lipinski definition) is 4. The van der Waals surface area contributed by atoms with Crippen LogP contribution in [0, 0.1) is 12.3 Å². The number of thiazole rings is 1. The van der Waals surface area contributed by atoms with Gasteiger partial charge >= 0.3 is 0 Å². The molecule has 0 unspecified atom stereocenters. The molecule has 0 aliphatic heterocycles. The summed E-state index contributed by atoms with van der Waals surface area (Å²) in [6.45, 7) is 0.586. The number of fused-ring (bicyclic) bond motifs is 1. The molecule has 0 N–H and O–H groups in total. The zero-order valence-electron chi connectivity index (χ0n) is 14.3. The van der Waals surface area contributed by atoms with Crippen molar-refractivity contribution in [3.05, 3.63) is 53.3 Å². The molecule has 0 spiro atoms. The highest BCUT2D eigenvalue weighted by molar-refractivity contribution is 7.16. The molecule has 0 aliphatic rings. The summed E-state index contributed by atoms with van der Waals surface area (Å²) < 4.78 is 13.8. The Morgan fingerprint density at radius 3 is 2.77 bits per heavy atom. The smallest absolute Gasteiger partial charge is 0.251 e. The zero-order valence-corrected chi connectivity index (χ0v) is 15.2. The highest BCUT2D eigenvalue weighted by Gasteiger charge is 2.11. The molecular formula is C20H18N2O3S. The molecule has 2 aromatic carbocycles. The predicted molar refractivity (Wildman–Crippen MR) is 102 cm³/mol. The van der Waals surface area contributed by atoms with E-state index in [1.54, 1.807) is 7.11 Å².